The van der Waals surface area contributed by atoms with E-state index in [4.69, 9.17) is 0 Å². The number of nitrogens with one attached hydrogen (secondary N) is 3. The second-order valence-electron chi connectivity index (χ2n) is 7.84. The van der Waals surface area contributed by atoms with Crippen molar-refractivity contribution in [2.75, 3.05) is 25.0 Å². The van der Waals surface area contributed by atoms with Gasteiger partial charge in [0.2, 0.25) is 9.84 Å². The number of benzene rings is 3. The first-order valence-corrected chi connectivity index (χ1v) is 11.8. The highest BCUT2D eigenvalue weighted by atomic mass is 35.5. The van der Waals surface area contributed by atoms with Gasteiger partial charge in [-0.2, -0.15) is 5.10 Å². The molecule has 2 heterocycles. The zero-order chi connectivity index (χ0) is 20.6. The molecule has 1 saturated heterocycles. The summed E-state index contributed by atoms with van der Waals surface area (Å²) in [5.41, 5.74) is 1.55. The lowest BCUT2D eigenvalue weighted by molar-refractivity contribution is 0.390. The number of aromatic nitrogens is 2. The van der Waals surface area contributed by atoms with Crippen molar-refractivity contribution in [2.24, 2.45) is 5.92 Å². The normalized spacial score (nSPS) is 14.6. The quantitative estimate of drug-likeness (QED) is 0.372. The molecule has 0 bridgehead atoms. The van der Waals surface area contributed by atoms with E-state index in [-0.39, 0.29) is 29.8 Å². The number of halogens is 2. The van der Waals surface area contributed by atoms with Crippen LogP contribution in [0.2, 0.25) is 0 Å². The van der Waals surface area contributed by atoms with Gasteiger partial charge in [0, 0.05) is 23.0 Å². The molecule has 9 heteroatoms. The number of sulfone groups is 1. The fourth-order valence-corrected chi connectivity index (χ4v) is 5.76. The number of fused-ring (bicyclic) bond motifs is 2. The van der Waals surface area contributed by atoms with E-state index in [9.17, 15) is 8.42 Å². The van der Waals surface area contributed by atoms with Gasteiger partial charge in [-0.3, -0.25) is 5.10 Å². The molecule has 1 aliphatic rings. The molecule has 3 aromatic carbocycles. The SMILES string of the molecule is Cl.Cl.O=S(=O)(c1cccc2ccccc12)c1[nH]nc2ccc(NCC3CCNCC3)cc12. The van der Waals surface area contributed by atoms with E-state index < -0.39 is 9.84 Å². The number of nitrogens with zero attached hydrogens (tertiary/aromatic N) is 1. The Morgan fingerprint density at radius 3 is 2.50 bits per heavy atom. The number of hydrogen-bond acceptors (Lipinski definition) is 5. The van der Waals surface area contributed by atoms with Crippen LogP contribution in [0.1, 0.15) is 12.8 Å². The van der Waals surface area contributed by atoms with Crippen molar-refractivity contribution in [2.45, 2.75) is 22.8 Å². The Hall–Kier alpha value is -2.32. The Morgan fingerprint density at radius 2 is 1.69 bits per heavy atom. The smallest absolute Gasteiger partial charge is 0.224 e. The molecule has 1 fully saturated rings. The minimum atomic E-state index is -3.76. The third-order valence-corrected chi connectivity index (χ3v) is 7.66. The second kappa shape index (κ2) is 10.1. The average Bonchev–Trinajstić information content (AvgIpc) is 3.22. The van der Waals surface area contributed by atoms with Gasteiger partial charge in [0.1, 0.15) is 0 Å². The van der Waals surface area contributed by atoms with E-state index in [0.29, 0.717) is 27.1 Å². The maximum absolute atomic E-state index is 13.5. The molecule has 32 heavy (non-hydrogen) atoms. The van der Waals surface area contributed by atoms with Crippen molar-refractivity contribution in [3.8, 4) is 0 Å². The standard InChI is InChI=1S/C23H24N4O2S.2ClH/c28-30(29,22-7-3-5-17-4-1-2-6-19(17)22)23-20-14-18(8-9-21(20)26-27-23)25-15-16-10-12-24-13-11-16;;/h1-9,14,16,24-25H,10-13,15H2,(H,26,27);2*1H. The van der Waals surface area contributed by atoms with Gasteiger partial charge in [0.05, 0.1) is 10.4 Å². The van der Waals surface area contributed by atoms with E-state index in [1.165, 1.54) is 0 Å². The monoisotopic (exact) mass is 492 g/mol. The Kier molecular flexibility index (Phi) is 7.67. The van der Waals surface area contributed by atoms with Crippen molar-refractivity contribution < 1.29 is 8.42 Å². The lowest BCUT2D eigenvalue weighted by Crippen LogP contribution is -2.31. The number of rotatable bonds is 5. The lowest BCUT2D eigenvalue weighted by Gasteiger charge is -2.23. The average molecular weight is 493 g/mol. The van der Waals surface area contributed by atoms with Crippen molar-refractivity contribution in [3.05, 3.63) is 60.7 Å². The molecule has 170 valence electrons. The Morgan fingerprint density at radius 1 is 0.938 bits per heavy atom. The molecule has 4 aromatic rings. The van der Waals surface area contributed by atoms with Crippen molar-refractivity contribution >= 4 is 62.0 Å². The molecular formula is C23H26Cl2N4O2S. The minimum Gasteiger partial charge on any atom is -0.385 e. The lowest BCUT2D eigenvalue weighted by atomic mass is 9.98. The van der Waals surface area contributed by atoms with Crippen molar-refractivity contribution in [1.29, 1.82) is 0 Å². The van der Waals surface area contributed by atoms with Gasteiger partial charge in [-0.25, -0.2) is 8.42 Å². The molecule has 0 unspecified atom stereocenters. The van der Waals surface area contributed by atoms with Crippen LogP contribution in [0.3, 0.4) is 0 Å². The number of anilines is 1. The van der Waals surface area contributed by atoms with Gasteiger partial charge in [-0.05, 0) is 61.5 Å². The third-order valence-electron chi connectivity index (χ3n) is 5.88. The van der Waals surface area contributed by atoms with Gasteiger partial charge < -0.3 is 10.6 Å². The highest BCUT2D eigenvalue weighted by molar-refractivity contribution is 7.91. The molecule has 3 N–H and O–H groups in total. The van der Waals surface area contributed by atoms with E-state index in [2.05, 4.69) is 20.8 Å². The van der Waals surface area contributed by atoms with E-state index in [0.717, 1.165) is 43.5 Å². The van der Waals surface area contributed by atoms with Gasteiger partial charge in [-0.15, -0.1) is 24.8 Å². The van der Waals surface area contributed by atoms with Crippen LogP contribution in [0.5, 0.6) is 0 Å². The summed E-state index contributed by atoms with van der Waals surface area (Å²) in [7, 11) is -3.76. The minimum absolute atomic E-state index is 0. The predicted molar refractivity (Wildman–Crippen MR) is 134 cm³/mol. The number of aromatic amines is 1. The van der Waals surface area contributed by atoms with Crippen LogP contribution in [0.15, 0.2) is 70.6 Å². The Balaban J connectivity index is 0.00000144. The summed E-state index contributed by atoms with van der Waals surface area (Å²) in [5, 5.41) is 16.2. The van der Waals surface area contributed by atoms with Gasteiger partial charge in [0.25, 0.3) is 0 Å². The van der Waals surface area contributed by atoms with Crippen LogP contribution in [0.25, 0.3) is 21.7 Å². The maximum Gasteiger partial charge on any atom is 0.224 e. The largest absolute Gasteiger partial charge is 0.385 e. The van der Waals surface area contributed by atoms with Gasteiger partial charge >= 0.3 is 0 Å². The first-order chi connectivity index (χ1) is 14.6. The fourth-order valence-electron chi connectivity index (χ4n) is 4.19. The topological polar surface area (TPSA) is 86.9 Å². The first kappa shape index (κ1) is 24.3. The van der Waals surface area contributed by atoms with E-state index in [1.54, 1.807) is 12.1 Å². The summed E-state index contributed by atoms with van der Waals surface area (Å²) in [6.07, 6.45) is 2.31. The molecule has 0 saturated carbocycles. The summed E-state index contributed by atoms with van der Waals surface area (Å²) >= 11 is 0. The third kappa shape index (κ3) is 4.57. The van der Waals surface area contributed by atoms with Gasteiger partial charge in [0.15, 0.2) is 5.03 Å². The molecule has 0 aliphatic carbocycles. The van der Waals surface area contributed by atoms with Crippen LogP contribution in [-0.2, 0) is 9.84 Å². The fraction of sp³-hybridized carbons (Fsp3) is 0.261. The highest BCUT2D eigenvalue weighted by Crippen LogP contribution is 2.32. The van der Waals surface area contributed by atoms with E-state index >= 15 is 0 Å². The maximum atomic E-state index is 13.5. The van der Waals surface area contributed by atoms with Crippen molar-refractivity contribution in [3.63, 3.8) is 0 Å². The zero-order valence-corrected chi connectivity index (χ0v) is 19.8. The Labute approximate surface area is 199 Å². The summed E-state index contributed by atoms with van der Waals surface area (Å²) < 4.78 is 27.1. The molecule has 5 rings (SSSR count). The van der Waals surface area contributed by atoms with Gasteiger partial charge in [-0.1, -0.05) is 36.4 Å². The molecule has 1 aliphatic heterocycles. The van der Waals surface area contributed by atoms with Crippen LogP contribution < -0.4 is 10.6 Å². The number of hydrogen-bond donors (Lipinski definition) is 3. The molecule has 0 radical (unpaired) electrons. The summed E-state index contributed by atoms with van der Waals surface area (Å²) in [4.78, 5) is 0.291. The Bertz CT molecular complexity index is 1310. The molecule has 1 aromatic heterocycles. The molecule has 6 nitrogen and oxygen atoms in total. The highest BCUT2D eigenvalue weighted by Gasteiger charge is 2.25. The summed E-state index contributed by atoms with van der Waals surface area (Å²) in [5.74, 6) is 0.630. The molecular weight excluding hydrogens is 467 g/mol. The molecule has 0 atom stereocenters. The second-order valence-corrected chi connectivity index (χ2v) is 9.69. The summed E-state index contributed by atoms with van der Waals surface area (Å²) in [6, 6.07) is 18.6. The van der Waals surface area contributed by atoms with Crippen molar-refractivity contribution in [1.82, 2.24) is 15.5 Å². The number of H-pyrrole nitrogens is 1. The van der Waals surface area contributed by atoms with Crippen LogP contribution in [0.4, 0.5) is 5.69 Å². The van der Waals surface area contributed by atoms with Crippen LogP contribution >= 0.6 is 24.8 Å². The number of piperidine rings is 1. The van der Waals surface area contributed by atoms with Crippen LogP contribution in [0, 0.1) is 5.92 Å². The zero-order valence-electron chi connectivity index (χ0n) is 17.4. The summed E-state index contributed by atoms with van der Waals surface area (Å²) in [6.45, 7) is 3.00. The predicted octanol–water partition coefficient (Wildman–Crippen LogP) is 4.80. The van der Waals surface area contributed by atoms with Crippen LogP contribution in [-0.4, -0.2) is 38.2 Å². The molecule has 0 amide bonds. The van der Waals surface area contributed by atoms with E-state index in [1.807, 2.05) is 48.5 Å². The molecule has 0 spiro atoms. The first-order valence-electron chi connectivity index (χ1n) is 10.3.